The Labute approximate surface area is 97.1 Å². The van der Waals surface area contributed by atoms with E-state index < -0.39 is 11.9 Å². The van der Waals surface area contributed by atoms with Gasteiger partial charge in [0.25, 0.3) is 0 Å². The van der Waals surface area contributed by atoms with Crippen molar-refractivity contribution in [2.75, 3.05) is 0 Å². The Bertz CT molecular complexity index is 629. The van der Waals surface area contributed by atoms with Gasteiger partial charge in [-0.05, 0) is 23.3 Å². The molecule has 0 fully saturated rings. The number of aryl methyl sites for hydroxylation is 1. The molecule has 2 aromatic rings. The minimum absolute atomic E-state index is 0.142. The summed E-state index contributed by atoms with van der Waals surface area (Å²) < 4.78 is 0. The molecule has 4 nitrogen and oxygen atoms in total. The van der Waals surface area contributed by atoms with Crippen LogP contribution in [-0.2, 0) is 0 Å². The van der Waals surface area contributed by atoms with E-state index in [4.69, 9.17) is 5.11 Å². The Morgan fingerprint density at radius 1 is 1.00 bits per heavy atom. The predicted octanol–water partition coefficient (Wildman–Crippen LogP) is 2.54. The molecule has 0 heterocycles. The van der Waals surface area contributed by atoms with Crippen molar-refractivity contribution in [1.82, 2.24) is 0 Å². The summed E-state index contributed by atoms with van der Waals surface area (Å²) in [6.07, 6.45) is 0. The Hall–Kier alpha value is -2.36. The molecule has 17 heavy (non-hydrogen) atoms. The van der Waals surface area contributed by atoms with Gasteiger partial charge in [-0.3, -0.25) is 0 Å². The van der Waals surface area contributed by atoms with E-state index in [0.29, 0.717) is 10.9 Å². The van der Waals surface area contributed by atoms with Gasteiger partial charge in [0.05, 0.1) is 11.1 Å². The van der Waals surface area contributed by atoms with Gasteiger partial charge in [0, 0.05) is 0 Å². The van der Waals surface area contributed by atoms with E-state index in [0.717, 1.165) is 5.39 Å². The van der Waals surface area contributed by atoms with Crippen molar-refractivity contribution in [3.8, 4) is 0 Å². The maximum Gasteiger partial charge on any atom is 0.337 e. The normalized spacial score (nSPS) is 10.4. The van der Waals surface area contributed by atoms with Crippen molar-refractivity contribution < 1.29 is 19.8 Å². The second-order valence-corrected chi connectivity index (χ2v) is 3.77. The Morgan fingerprint density at radius 3 is 2.18 bits per heavy atom. The summed E-state index contributed by atoms with van der Waals surface area (Å²) in [5.74, 6) is -2.44. The number of hydrogen-bond acceptors (Lipinski definition) is 2. The average molecular weight is 230 g/mol. The van der Waals surface area contributed by atoms with Gasteiger partial charge in [-0.2, -0.15) is 0 Å². The monoisotopic (exact) mass is 230 g/mol. The average Bonchev–Trinajstić information content (AvgIpc) is 2.26. The van der Waals surface area contributed by atoms with Crippen molar-refractivity contribution in [2.24, 2.45) is 0 Å². The van der Waals surface area contributed by atoms with Crippen LogP contribution in [0.2, 0.25) is 0 Å². The Kier molecular flexibility index (Phi) is 2.55. The molecule has 0 saturated heterocycles. The summed E-state index contributed by atoms with van der Waals surface area (Å²) in [6, 6.07) is 8.54. The molecule has 0 aliphatic carbocycles. The summed E-state index contributed by atoms with van der Waals surface area (Å²) in [7, 11) is 0. The zero-order valence-electron chi connectivity index (χ0n) is 9.10. The van der Waals surface area contributed by atoms with E-state index >= 15 is 0 Å². The lowest BCUT2D eigenvalue weighted by Gasteiger charge is -2.09. The molecule has 0 aliphatic rings. The zero-order valence-corrected chi connectivity index (χ0v) is 9.10. The molecule has 86 valence electrons. The van der Waals surface area contributed by atoms with E-state index in [1.54, 1.807) is 37.3 Å². The van der Waals surface area contributed by atoms with Crippen molar-refractivity contribution in [3.63, 3.8) is 0 Å². The van der Waals surface area contributed by atoms with Crippen molar-refractivity contribution in [1.29, 1.82) is 0 Å². The first-order valence-corrected chi connectivity index (χ1v) is 5.01. The van der Waals surface area contributed by atoms with E-state index in [9.17, 15) is 14.7 Å². The summed E-state index contributed by atoms with van der Waals surface area (Å²) in [4.78, 5) is 22.4. The molecule has 0 saturated carbocycles. The van der Waals surface area contributed by atoms with Crippen LogP contribution in [0.15, 0.2) is 30.3 Å². The van der Waals surface area contributed by atoms with Gasteiger partial charge in [0.15, 0.2) is 0 Å². The number of carbonyl (C=O) groups is 2. The number of rotatable bonds is 2. The molecular weight excluding hydrogens is 220 g/mol. The van der Waals surface area contributed by atoms with Crippen LogP contribution in [0.5, 0.6) is 0 Å². The second kappa shape index (κ2) is 3.90. The van der Waals surface area contributed by atoms with Crippen molar-refractivity contribution in [3.05, 3.63) is 47.0 Å². The number of benzene rings is 2. The van der Waals surface area contributed by atoms with E-state index in [1.165, 1.54) is 0 Å². The quantitative estimate of drug-likeness (QED) is 0.831. The molecule has 0 amide bonds. The van der Waals surface area contributed by atoms with Crippen molar-refractivity contribution in [2.45, 2.75) is 6.92 Å². The number of fused-ring (bicyclic) bond motifs is 1. The molecule has 0 aliphatic heterocycles. The highest BCUT2D eigenvalue weighted by Crippen LogP contribution is 2.25. The molecule has 0 spiro atoms. The third-order valence-corrected chi connectivity index (χ3v) is 2.67. The van der Waals surface area contributed by atoms with Crippen LogP contribution in [-0.4, -0.2) is 22.2 Å². The first kappa shape index (κ1) is 11.1. The fourth-order valence-electron chi connectivity index (χ4n) is 1.99. The van der Waals surface area contributed by atoms with Gasteiger partial charge in [-0.1, -0.05) is 30.3 Å². The molecule has 0 radical (unpaired) electrons. The SMILES string of the molecule is Cc1cc2ccccc2c(C(=O)O)c1C(=O)O. The standard InChI is InChI=1S/C13H10O4/c1-7-6-8-4-2-3-5-9(8)11(13(16)17)10(7)12(14)15/h2-6H,1H3,(H,14,15)(H,16,17). The molecule has 2 aromatic carbocycles. The predicted molar refractivity (Wildman–Crippen MR) is 62.6 cm³/mol. The molecule has 0 atom stereocenters. The lowest BCUT2D eigenvalue weighted by atomic mass is 9.95. The van der Waals surface area contributed by atoms with Gasteiger partial charge in [-0.15, -0.1) is 0 Å². The minimum atomic E-state index is -1.22. The fraction of sp³-hybridized carbons (Fsp3) is 0.0769. The van der Waals surface area contributed by atoms with Crippen LogP contribution < -0.4 is 0 Å². The number of aromatic carboxylic acids is 2. The topological polar surface area (TPSA) is 74.6 Å². The highest BCUT2D eigenvalue weighted by Gasteiger charge is 2.21. The number of hydrogen-bond donors (Lipinski definition) is 2. The third kappa shape index (κ3) is 1.73. The van der Waals surface area contributed by atoms with Crippen LogP contribution in [0.3, 0.4) is 0 Å². The first-order chi connectivity index (χ1) is 8.02. The number of carboxylic acids is 2. The molecule has 2 N–H and O–H groups in total. The van der Waals surface area contributed by atoms with E-state index in [2.05, 4.69) is 0 Å². The molecule has 4 heteroatoms. The summed E-state index contributed by atoms with van der Waals surface area (Å²) in [5, 5.41) is 19.4. The molecule has 2 rings (SSSR count). The fourth-order valence-corrected chi connectivity index (χ4v) is 1.99. The third-order valence-electron chi connectivity index (χ3n) is 2.67. The maximum atomic E-state index is 11.2. The van der Waals surface area contributed by atoms with E-state index in [-0.39, 0.29) is 11.1 Å². The summed E-state index contributed by atoms with van der Waals surface area (Å²) in [6.45, 7) is 1.60. The van der Waals surface area contributed by atoms with Crippen LogP contribution >= 0.6 is 0 Å². The van der Waals surface area contributed by atoms with E-state index in [1.807, 2.05) is 0 Å². The lowest BCUT2D eigenvalue weighted by molar-refractivity contribution is 0.0652. The van der Waals surface area contributed by atoms with Gasteiger partial charge in [0.1, 0.15) is 0 Å². The number of carboxylic acid groups (broad SMARTS) is 2. The van der Waals surface area contributed by atoms with Crippen LogP contribution in [0, 0.1) is 6.92 Å². The summed E-state index contributed by atoms with van der Waals surface area (Å²) in [5.41, 5.74) is 0.165. The van der Waals surface area contributed by atoms with Crippen LogP contribution in [0.1, 0.15) is 26.3 Å². The second-order valence-electron chi connectivity index (χ2n) is 3.77. The molecular formula is C13H10O4. The molecule has 0 aromatic heterocycles. The minimum Gasteiger partial charge on any atom is -0.478 e. The Morgan fingerprint density at radius 2 is 1.59 bits per heavy atom. The highest BCUT2D eigenvalue weighted by atomic mass is 16.4. The van der Waals surface area contributed by atoms with Crippen molar-refractivity contribution >= 4 is 22.7 Å². The first-order valence-electron chi connectivity index (χ1n) is 5.01. The molecule has 0 unspecified atom stereocenters. The Balaban J connectivity index is 2.99. The zero-order chi connectivity index (χ0) is 12.6. The van der Waals surface area contributed by atoms with Crippen LogP contribution in [0.4, 0.5) is 0 Å². The van der Waals surface area contributed by atoms with Gasteiger partial charge in [0.2, 0.25) is 0 Å². The summed E-state index contributed by atoms with van der Waals surface area (Å²) >= 11 is 0. The largest absolute Gasteiger partial charge is 0.478 e. The van der Waals surface area contributed by atoms with Crippen LogP contribution in [0.25, 0.3) is 10.8 Å². The van der Waals surface area contributed by atoms with Gasteiger partial charge >= 0.3 is 11.9 Å². The highest BCUT2D eigenvalue weighted by molar-refractivity contribution is 6.12. The smallest absolute Gasteiger partial charge is 0.337 e. The lowest BCUT2D eigenvalue weighted by Crippen LogP contribution is -2.11. The van der Waals surface area contributed by atoms with Gasteiger partial charge in [-0.25, -0.2) is 9.59 Å². The van der Waals surface area contributed by atoms with Gasteiger partial charge < -0.3 is 10.2 Å². The maximum absolute atomic E-state index is 11.2. The molecule has 0 bridgehead atoms.